The van der Waals surface area contributed by atoms with Crippen molar-refractivity contribution in [2.75, 3.05) is 0 Å². The maximum absolute atomic E-state index is 10.5. The molecule has 2 N–H and O–H groups in total. The Morgan fingerprint density at radius 3 is 2.46 bits per heavy atom. The first-order valence-corrected chi connectivity index (χ1v) is 11.3. The third-order valence-electron chi connectivity index (χ3n) is 9.04. The van der Waals surface area contributed by atoms with Crippen molar-refractivity contribution in [2.24, 2.45) is 40.4 Å². The molecule has 0 spiro atoms. The van der Waals surface area contributed by atoms with Crippen molar-refractivity contribution < 1.29 is 10.2 Å². The van der Waals surface area contributed by atoms with E-state index in [4.69, 9.17) is 0 Å². The van der Waals surface area contributed by atoms with E-state index < -0.39 is 0 Å². The van der Waals surface area contributed by atoms with Crippen molar-refractivity contribution in [1.29, 1.82) is 0 Å². The Hall–Kier alpha value is -0.340. The van der Waals surface area contributed by atoms with Crippen LogP contribution in [-0.4, -0.2) is 22.4 Å². The zero-order valence-corrected chi connectivity index (χ0v) is 18.0. The molecule has 26 heavy (non-hydrogen) atoms. The van der Waals surface area contributed by atoms with Crippen LogP contribution in [0.25, 0.3) is 0 Å². The molecular formula is C24H42O2. The molecule has 0 radical (unpaired) electrons. The first kappa shape index (κ1) is 20.4. The van der Waals surface area contributed by atoms with Gasteiger partial charge in [0.1, 0.15) is 0 Å². The summed E-state index contributed by atoms with van der Waals surface area (Å²) >= 11 is 0. The summed E-state index contributed by atoms with van der Waals surface area (Å²) in [6, 6.07) is 0. The molecule has 0 aliphatic heterocycles. The Morgan fingerprint density at radius 2 is 1.81 bits per heavy atom. The van der Waals surface area contributed by atoms with Gasteiger partial charge in [0.25, 0.3) is 0 Å². The average molecular weight is 363 g/mol. The Morgan fingerprint density at radius 1 is 1.12 bits per heavy atom. The Labute approximate surface area is 161 Å². The van der Waals surface area contributed by atoms with E-state index in [9.17, 15) is 10.2 Å². The SMILES string of the molecule is CC.CC(O)C1C(C)CC2C3CC=C4CC(O)CCC4(C)C3CCC21C. The van der Waals surface area contributed by atoms with Crippen LogP contribution in [0.2, 0.25) is 0 Å². The number of hydrogen-bond acceptors (Lipinski definition) is 2. The molecule has 0 bridgehead atoms. The summed E-state index contributed by atoms with van der Waals surface area (Å²) in [5, 5.41) is 20.6. The minimum absolute atomic E-state index is 0.110. The predicted molar refractivity (Wildman–Crippen MR) is 109 cm³/mol. The van der Waals surface area contributed by atoms with Crippen LogP contribution in [0.5, 0.6) is 0 Å². The van der Waals surface area contributed by atoms with E-state index in [0.717, 1.165) is 30.6 Å². The summed E-state index contributed by atoms with van der Waals surface area (Å²) < 4.78 is 0. The highest BCUT2D eigenvalue weighted by Gasteiger charge is 2.60. The number of aliphatic hydroxyl groups excluding tert-OH is 2. The fraction of sp³-hybridized carbons (Fsp3) is 0.917. The molecule has 4 rings (SSSR count). The van der Waals surface area contributed by atoms with Gasteiger partial charge in [0.2, 0.25) is 0 Å². The second kappa shape index (κ2) is 7.24. The maximum atomic E-state index is 10.5. The summed E-state index contributed by atoms with van der Waals surface area (Å²) in [4.78, 5) is 0. The van der Waals surface area contributed by atoms with Crippen molar-refractivity contribution in [2.45, 2.75) is 98.7 Å². The van der Waals surface area contributed by atoms with Crippen LogP contribution < -0.4 is 0 Å². The van der Waals surface area contributed by atoms with Crippen LogP contribution in [0.15, 0.2) is 11.6 Å². The van der Waals surface area contributed by atoms with Crippen LogP contribution in [-0.2, 0) is 0 Å². The molecule has 0 heterocycles. The molecule has 3 fully saturated rings. The van der Waals surface area contributed by atoms with Gasteiger partial charge in [-0.25, -0.2) is 0 Å². The molecule has 4 aliphatic carbocycles. The lowest BCUT2D eigenvalue weighted by atomic mass is 9.47. The Bertz CT molecular complexity index is 538. The van der Waals surface area contributed by atoms with Gasteiger partial charge in [0, 0.05) is 0 Å². The quantitative estimate of drug-likeness (QED) is 0.598. The summed E-state index contributed by atoms with van der Waals surface area (Å²) in [6.07, 6.45) is 10.4. The van der Waals surface area contributed by atoms with Crippen LogP contribution >= 0.6 is 0 Å². The van der Waals surface area contributed by atoms with Gasteiger partial charge in [0.05, 0.1) is 12.2 Å². The van der Waals surface area contributed by atoms with Gasteiger partial charge in [-0.3, -0.25) is 0 Å². The van der Waals surface area contributed by atoms with Gasteiger partial charge >= 0.3 is 0 Å². The van der Waals surface area contributed by atoms with Crippen LogP contribution in [0.4, 0.5) is 0 Å². The number of aliphatic hydroxyl groups is 2. The maximum Gasteiger partial charge on any atom is 0.0577 e. The molecule has 150 valence electrons. The van der Waals surface area contributed by atoms with E-state index in [1.807, 2.05) is 20.8 Å². The number of hydrogen-bond donors (Lipinski definition) is 2. The van der Waals surface area contributed by atoms with E-state index >= 15 is 0 Å². The van der Waals surface area contributed by atoms with Crippen molar-refractivity contribution in [3.8, 4) is 0 Å². The van der Waals surface area contributed by atoms with E-state index in [0.29, 0.717) is 22.7 Å². The fourth-order valence-corrected chi connectivity index (χ4v) is 8.07. The van der Waals surface area contributed by atoms with Crippen LogP contribution in [0.3, 0.4) is 0 Å². The van der Waals surface area contributed by atoms with Crippen LogP contribution in [0, 0.1) is 40.4 Å². The highest BCUT2D eigenvalue weighted by atomic mass is 16.3. The molecule has 9 unspecified atom stereocenters. The molecule has 9 atom stereocenters. The van der Waals surface area contributed by atoms with Gasteiger partial charge in [-0.15, -0.1) is 0 Å². The number of fused-ring (bicyclic) bond motifs is 5. The van der Waals surface area contributed by atoms with E-state index in [2.05, 4.69) is 26.8 Å². The second-order valence-electron chi connectivity index (χ2n) is 10.2. The molecule has 0 aromatic heterocycles. The summed E-state index contributed by atoms with van der Waals surface area (Å²) in [6.45, 7) is 13.4. The third-order valence-corrected chi connectivity index (χ3v) is 9.04. The lowest BCUT2D eigenvalue weighted by Crippen LogP contribution is -2.51. The first-order chi connectivity index (χ1) is 12.3. The summed E-state index contributed by atoms with van der Waals surface area (Å²) in [5.74, 6) is 3.47. The third kappa shape index (κ3) is 2.91. The first-order valence-electron chi connectivity index (χ1n) is 11.3. The van der Waals surface area contributed by atoms with Gasteiger partial charge in [0.15, 0.2) is 0 Å². The van der Waals surface area contributed by atoms with Crippen LogP contribution in [0.1, 0.15) is 86.5 Å². The zero-order chi connectivity index (χ0) is 19.3. The summed E-state index contributed by atoms with van der Waals surface area (Å²) in [7, 11) is 0. The standard InChI is InChI=1S/C22H36O2.C2H6/c1-13-11-19-17-6-5-15-12-16(24)7-9-21(15,3)18(17)8-10-22(19,4)20(13)14(2)23;1-2/h5,13-14,16-20,23-24H,6-12H2,1-4H3;1-2H3. The topological polar surface area (TPSA) is 40.5 Å². The molecule has 0 amide bonds. The number of rotatable bonds is 1. The highest BCUT2D eigenvalue weighted by molar-refractivity contribution is 5.25. The van der Waals surface area contributed by atoms with E-state index in [1.54, 1.807) is 5.57 Å². The molecule has 0 aromatic rings. The lowest BCUT2D eigenvalue weighted by Gasteiger charge is -2.58. The second-order valence-corrected chi connectivity index (χ2v) is 10.2. The van der Waals surface area contributed by atoms with Gasteiger partial charge in [-0.2, -0.15) is 0 Å². The molecule has 0 saturated heterocycles. The van der Waals surface area contributed by atoms with E-state index in [1.165, 1.54) is 32.1 Å². The molecular weight excluding hydrogens is 320 g/mol. The largest absolute Gasteiger partial charge is 0.393 e. The molecule has 0 aromatic carbocycles. The van der Waals surface area contributed by atoms with Gasteiger partial charge in [-0.1, -0.05) is 46.3 Å². The zero-order valence-electron chi connectivity index (χ0n) is 18.0. The molecule has 2 heteroatoms. The van der Waals surface area contributed by atoms with Crippen molar-refractivity contribution in [1.82, 2.24) is 0 Å². The summed E-state index contributed by atoms with van der Waals surface area (Å²) in [5.41, 5.74) is 2.21. The average Bonchev–Trinajstić information content (AvgIpc) is 2.87. The minimum atomic E-state index is -0.179. The van der Waals surface area contributed by atoms with Gasteiger partial charge < -0.3 is 10.2 Å². The molecule has 4 aliphatic rings. The van der Waals surface area contributed by atoms with E-state index in [-0.39, 0.29) is 12.2 Å². The minimum Gasteiger partial charge on any atom is -0.393 e. The van der Waals surface area contributed by atoms with Crippen molar-refractivity contribution in [3.63, 3.8) is 0 Å². The fourth-order valence-electron chi connectivity index (χ4n) is 8.07. The lowest BCUT2D eigenvalue weighted by molar-refractivity contribution is -0.0701. The van der Waals surface area contributed by atoms with Gasteiger partial charge in [-0.05, 0) is 92.3 Å². The Balaban J connectivity index is 0.000000948. The normalized spacial score (nSPS) is 51.2. The molecule has 2 nitrogen and oxygen atoms in total. The predicted octanol–water partition coefficient (Wildman–Crippen LogP) is 5.58. The smallest absolute Gasteiger partial charge is 0.0577 e. The molecule has 3 saturated carbocycles. The van der Waals surface area contributed by atoms with Crippen molar-refractivity contribution >= 4 is 0 Å². The highest BCUT2D eigenvalue weighted by Crippen LogP contribution is 2.67. The number of allylic oxidation sites excluding steroid dienone is 1. The Kier molecular flexibility index (Phi) is 5.68. The van der Waals surface area contributed by atoms with Crippen molar-refractivity contribution in [3.05, 3.63) is 11.6 Å². The monoisotopic (exact) mass is 362 g/mol.